The molecule has 2 N–H and O–H groups in total. The zero-order valence-electron chi connectivity index (χ0n) is 19.9. The van der Waals surface area contributed by atoms with Crippen molar-refractivity contribution in [3.05, 3.63) is 95.6 Å². The van der Waals surface area contributed by atoms with E-state index in [-0.39, 0.29) is 28.8 Å². The minimum absolute atomic E-state index is 0.137. The van der Waals surface area contributed by atoms with E-state index >= 15 is 0 Å². The molecular weight excluding hydrogens is 516 g/mol. The summed E-state index contributed by atoms with van der Waals surface area (Å²) in [6.07, 6.45) is 0. The summed E-state index contributed by atoms with van der Waals surface area (Å²) in [5.41, 5.74) is 7.11. The quantitative estimate of drug-likeness (QED) is 0.497. The second-order valence-corrected chi connectivity index (χ2v) is 9.78. The van der Waals surface area contributed by atoms with Crippen LogP contribution in [-0.4, -0.2) is 35.5 Å². The number of aromatic nitrogens is 1. The van der Waals surface area contributed by atoms with Crippen molar-refractivity contribution in [3.8, 4) is 0 Å². The van der Waals surface area contributed by atoms with E-state index < -0.39 is 29.4 Å². The fraction of sp³-hybridized carbons (Fsp3) is 0.192. The smallest absolute Gasteiger partial charge is 0.338 e. The molecule has 11 heteroatoms. The highest BCUT2D eigenvalue weighted by atomic mass is 35.5. The van der Waals surface area contributed by atoms with Gasteiger partial charge in [0.2, 0.25) is 5.91 Å². The number of fused-ring (bicyclic) bond motifs is 2. The van der Waals surface area contributed by atoms with Crippen molar-refractivity contribution in [2.24, 2.45) is 10.7 Å². The molecule has 2 aliphatic heterocycles. The lowest BCUT2D eigenvalue weighted by atomic mass is 9.96. The number of anilines is 1. The highest BCUT2D eigenvalue weighted by Gasteiger charge is 2.38. The Morgan fingerprint density at radius 1 is 1.14 bits per heavy atom. The van der Waals surface area contributed by atoms with Gasteiger partial charge >= 0.3 is 5.97 Å². The number of hydrogen-bond acceptors (Lipinski definition) is 7. The van der Waals surface area contributed by atoms with E-state index in [4.69, 9.17) is 22.1 Å². The average molecular weight is 537 g/mol. The molecule has 2 aliphatic rings. The van der Waals surface area contributed by atoms with Crippen molar-refractivity contribution in [1.29, 1.82) is 0 Å². The van der Waals surface area contributed by atoms with Gasteiger partial charge in [0, 0.05) is 10.6 Å². The molecule has 37 heavy (non-hydrogen) atoms. The number of carbonyl (C=O) groups excluding carboxylic acids is 3. The van der Waals surface area contributed by atoms with Crippen molar-refractivity contribution in [2.75, 3.05) is 18.1 Å². The van der Waals surface area contributed by atoms with Gasteiger partial charge in [-0.1, -0.05) is 59.3 Å². The number of allylic oxidation sites excluding steroid dienone is 1. The molecule has 0 saturated carbocycles. The summed E-state index contributed by atoms with van der Waals surface area (Å²) in [6, 6.07) is 12.9. The molecule has 0 aliphatic carbocycles. The molecule has 1 atom stereocenters. The van der Waals surface area contributed by atoms with Crippen molar-refractivity contribution in [1.82, 2.24) is 4.57 Å². The molecule has 0 spiro atoms. The van der Waals surface area contributed by atoms with E-state index in [2.05, 4.69) is 4.99 Å². The minimum atomic E-state index is -0.910. The minimum Gasteiger partial charge on any atom is -0.463 e. The van der Waals surface area contributed by atoms with Gasteiger partial charge in [0.05, 0.1) is 29.1 Å². The molecule has 0 saturated heterocycles. The molecule has 3 aromatic rings. The van der Waals surface area contributed by atoms with Crippen LogP contribution in [0, 0.1) is 0 Å². The van der Waals surface area contributed by atoms with Gasteiger partial charge in [0.25, 0.3) is 11.5 Å². The second kappa shape index (κ2) is 9.45. The van der Waals surface area contributed by atoms with E-state index in [9.17, 15) is 19.2 Å². The number of esters is 1. The summed E-state index contributed by atoms with van der Waals surface area (Å²) in [5.74, 6) is -1.80. The van der Waals surface area contributed by atoms with E-state index in [1.54, 1.807) is 62.4 Å². The highest BCUT2D eigenvalue weighted by molar-refractivity contribution is 7.07. The molecule has 1 aromatic heterocycles. The lowest BCUT2D eigenvalue weighted by Gasteiger charge is -2.25. The molecule has 3 heterocycles. The van der Waals surface area contributed by atoms with Crippen LogP contribution < -0.4 is 25.5 Å². The third-order valence-corrected chi connectivity index (χ3v) is 7.55. The van der Waals surface area contributed by atoms with Gasteiger partial charge in [0.15, 0.2) is 4.80 Å². The molecule has 188 valence electrons. The lowest BCUT2D eigenvalue weighted by molar-refractivity contribution is -0.139. The van der Waals surface area contributed by atoms with Gasteiger partial charge in [-0.05, 0) is 31.5 Å². The summed E-state index contributed by atoms with van der Waals surface area (Å²) < 4.78 is 6.81. The van der Waals surface area contributed by atoms with Crippen LogP contribution in [0.25, 0.3) is 5.57 Å². The maximum absolute atomic E-state index is 14.0. The van der Waals surface area contributed by atoms with Crippen LogP contribution in [0.15, 0.2) is 69.6 Å². The lowest BCUT2D eigenvalue weighted by Crippen LogP contribution is -2.41. The molecule has 9 nitrogen and oxygen atoms in total. The first-order valence-corrected chi connectivity index (χ1v) is 12.6. The summed E-state index contributed by atoms with van der Waals surface area (Å²) in [4.78, 5) is 58.3. The number of benzene rings is 2. The van der Waals surface area contributed by atoms with Gasteiger partial charge in [-0.3, -0.25) is 23.9 Å². The third kappa shape index (κ3) is 3.98. The van der Waals surface area contributed by atoms with Gasteiger partial charge in [-0.2, -0.15) is 0 Å². The number of thiazole rings is 1. The van der Waals surface area contributed by atoms with Gasteiger partial charge in [-0.25, -0.2) is 9.79 Å². The first-order chi connectivity index (χ1) is 17.7. The molecule has 0 unspecified atom stereocenters. The standard InChI is InChI=1S/C26H21ClN4O5S/c1-3-36-25(35)19-13(2)29-26-31(21(19)14-8-4-6-10-16(14)27)24(34)22(37-26)20-15-9-5-7-11-17(15)30(23(20)33)12-18(28)32/h4-11,21H,3,12H2,1-2H3,(H2,28,32)/b22-20-/t21-/m1/s1. The number of ether oxygens (including phenoxy) is 1. The predicted molar refractivity (Wildman–Crippen MR) is 139 cm³/mol. The summed E-state index contributed by atoms with van der Waals surface area (Å²) in [6.45, 7) is 3.17. The maximum Gasteiger partial charge on any atom is 0.338 e. The van der Waals surface area contributed by atoms with E-state index in [0.717, 1.165) is 11.3 Å². The number of rotatable bonds is 5. The topological polar surface area (TPSA) is 124 Å². The second-order valence-electron chi connectivity index (χ2n) is 8.39. The Kier molecular flexibility index (Phi) is 6.30. The molecular formula is C26H21ClN4O5S. The number of carbonyl (C=O) groups is 3. The van der Waals surface area contributed by atoms with Crippen LogP contribution in [0.1, 0.15) is 31.0 Å². The van der Waals surface area contributed by atoms with E-state index in [1.165, 1.54) is 9.47 Å². The first kappa shape index (κ1) is 24.7. The summed E-state index contributed by atoms with van der Waals surface area (Å²) in [5, 5.41) is 0.358. The van der Waals surface area contributed by atoms with E-state index in [1.807, 2.05) is 0 Å². The Bertz CT molecular complexity index is 1700. The summed E-state index contributed by atoms with van der Waals surface area (Å²) in [7, 11) is 0. The number of para-hydroxylation sites is 1. The van der Waals surface area contributed by atoms with Crippen LogP contribution in [0.4, 0.5) is 5.69 Å². The Labute approximate surface area is 219 Å². The first-order valence-electron chi connectivity index (χ1n) is 11.4. The molecule has 0 fully saturated rings. The Hall–Kier alpha value is -4.02. The number of primary amides is 1. The molecule has 0 radical (unpaired) electrons. The zero-order valence-corrected chi connectivity index (χ0v) is 21.4. The number of amides is 2. The van der Waals surface area contributed by atoms with Gasteiger partial charge < -0.3 is 10.5 Å². The largest absolute Gasteiger partial charge is 0.463 e. The normalized spacial score (nSPS) is 17.9. The van der Waals surface area contributed by atoms with Crippen molar-refractivity contribution in [3.63, 3.8) is 0 Å². The van der Waals surface area contributed by atoms with E-state index in [0.29, 0.717) is 32.3 Å². The van der Waals surface area contributed by atoms with Crippen LogP contribution in [0.5, 0.6) is 0 Å². The van der Waals surface area contributed by atoms with Crippen LogP contribution in [0.2, 0.25) is 5.02 Å². The number of nitrogens with zero attached hydrogens (tertiary/aromatic N) is 3. The molecule has 2 amide bonds. The molecule has 0 bridgehead atoms. The predicted octanol–water partition coefficient (Wildman–Crippen LogP) is 1.65. The Morgan fingerprint density at radius 2 is 1.84 bits per heavy atom. The molecule has 2 aromatic carbocycles. The number of hydrogen-bond donors (Lipinski definition) is 1. The van der Waals surface area contributed by atoms with Crippen molar-refractivity contribution < 1.29 is 19.1 Å². The fourth-order valence-electron chi connectivity index (χ4n) is 4.65. The fourth-order valence-corrected chi connectivity index (χ4v) is 6.02. The number of halogens is 1. The third-order valence-electron chi connectivity index (χ3n) is 6.16. The molecule has 5 rings (SSSR count). The average Bonchev–Trinajstić information content (AvgIpc) is 3.31. The Balaban J connectivity index is 1.83. The number of nitrogens with two attached hydrogens (primary N) is 1. The van der Waals surface area contributed by atoms with Crippen LogP contribution in [0.3, 0.4) is 0 Å². The van der Waals surface area contributed by atoms with Crippen molar-refractivity contribution >= 4 is 52.0 Å². The van der Waals surface area contributed by atoms with Crippen molar-refractivity contribution in [2.45, 2.75) is 19.9 Å². The SMILES string of the molecule is CCOC(=O)C1=C(C)N=c2s/c(=C3\C(=O)N(CC(N)=O)c4ccccc43)c(=O)n2[C@@H]1c1ccccc1Cl. The van der Waals surface area contributed by atoms with Crippen LogP contribution >= 0.6 is 22.9 Å². The van der Waals surface area contributed by atoms with Gasteiger partial charge in [-0.15, -0.1) is 0 Å². The maximum atomic E-state index is 14.0. The highest BCUT2D eigenvalue weighted by Crippen LogP contribution is 2.36. The summed E-state index contributed by atoms with van der Waals surface area (Å²) >= 11 is 7.57. The monoisotopic (exact) mass is 536 g/mol. The Morgan fingerprint density at radius 3 is 2.54 bits per heavy atom. The van der Waals surface area contributed by atoms with Crippen LogP contribution in [-0.2, 0) is 19.1 Å². The van der Waals surface area contributed by atoms with Gasteiger partial charge in [0.1, 0.15) is 17.1 Å². The zero-order chi connectivity index (χ0) is 26.4.